The third-order valence-electron chi connectivity index (χ3n) is 1.92. The van der Waals surface area contributed by atoms with Gasteiger partial charge < -0.3 is 4.84 Å². The first kappa shape index (κ1) is 12.0. The van der Waals surface area contributed by atoms with E-state index in [0.717, 1.165) is 0 Å². The number of hydrogen-bond acceptors (Lipinski definition) is 5. The molecule has 0 saturated heterocycles. The van der Waals surface area contributed by atoms with Crippen molar-refractivity contribution in [2.45, 2.75) is 20.8 Å². The molecule has 0 radical (unpaired) electrons. The van der Waals surface area contributed by atoms with Crippen molar-refractivity contribution in [3.05, 3.63) is 23.3 Å². The highest BCUT2D eigenvalue weighted by molar-refractivity contribution is 6.32. The summed E-state index contributed by atoms with van der Waals surface area (Å²) in [4.78, 5) is 37.7. The van der Waals surface area contributed by atoms with Gasteiger partial charge in [-0.3, -0.25) is 9.59 Å². The Kier molecular flexibility index (Phi) is 3.50. The van der Waals surface area contributed by atoms with E-state index in [9.17, 15) is 14.4 Å². The Morgan fingerprint density at radius 3 is 2.38 bits per heavy atom. The maximum absolute atomic E-state index is 11.5. The number of carbonyl (C=O) groups excluding carboxylic acids is 3. The SMILES string of the molecule is CC(=O)O/N=C1/C=C(C)C(=O)C(C(C)=O)=C1. The van der Waals surface area contributed by atoms with E-state index in [1.54, 1.807) is 6.92 Å². The number of carbonyl (C=O) groups is 3. The number of oxime groups is 1. The van der Waals surface area contributed by atoms with Gasteiger partial charge in [0.15, 0.2) is 11.6 Å². The lowest BCUT2D eigenvalue weighted by atomic mass is 9.94. The Morgan fingerprint density at radius 2 is 1.88 bits per heavy atom. The summed E-state index contributed by atoms with van der Waals surface area (Å²) in [5.41, 5.74) is 0.710. The van der Waals surface area contributed by atoms with Crippen LogP contribution in [0, 0.1) is 0 Å². The molecule has 0 fully saturated rings. The number of ketones is 2. The Bertz CT molecular complexity index is 455. The van der Waals surface area contributed by atoms with Crippen LogP contribution in [0.25, 0.3) is 0 Å². The van der Waals surface area contributed by atoms with Gasteiger partial charge in [-0.05, 0) is 31.6 Å². The van der Waals surface area contributed by atoms with E-state index in [1.807, 2.05) is 0 Å². The summed E-state index contributed by atoms with van der Waals surface area (Å²) in [5.74, 6) is -1.23. The van der Waals surface area contributed by atoms with E-state index in [4.69, 9.17) is 0 Å². The van der Waals surface area contributed by atoms with Crippen LogP contribution < -0.4 is 0 Å². The van der Waals surface area contributed by atoms with Crippen molar-refractivity contribution in [1.29, 1.82) is 0 Å². The van der Waals surface area contributed by atoms with Crippen molar-refractivity contribution in [1.82, 2.24) is 0 Å². The van der Waals surface area contributed by atoms with Crippen LogP contribution in [0.3, 0.4) is 0 Å². The molecule has 0 aromatic rings. The molecule has 0 saturated carbocycles. The molecule has 0 N–H and O–H groups in total. The topological polar surface area (TPSA) is 72.8 Å². The van der Waals surface area contributed by atoms with Crippen molar-refractivity contribution in [2.24, 2.45) is 5.16 Å². The molecule has 1 rings (SSSR count). The largest absolute Gasteiger partial charge is 0.331 e. The Balaban J connectivity index is 3.05. The fourth-order valence-electron chi connectivity index (χ4n) is 1.19. The minimum atomic E-state index is -0.562. The number of hydrogen-bond donors (Lipinski definition) is 0. The summed E-state index contributed by atoms with van der Waals surface area (Å²) in [6.45, 7) is 4.08. The van der Waals surface area contributed by atoms with Crippen LogP contribution >= 0.6 is 0 Å². The van der Waals surface area contributed by atoms with Gasteiger partial charge in [0.2, 0.25) is 0 Å². The highest BCUT2D eigenvalue weighted by Crippen LogP contribution is 2.14. The summed E-state index contributed by atoms with van der Waals surface area (Å²) < 4.78 is 0. The molecule has 16 heavy (non-hydrogen) atoms. The maximum Gasteiger partial charge on any atom is 0.331 e. The van der Waals surface area contributed by atoms with Crippen molar-refractivity contribution >= 4 is 23.2 Å². The highest BCUT2D eigenvalue weighted by atomic mass is 16.7. The lowest BCUT2D eigenvalue weighted by Crippen LogP contribution is -2.17. The van der Waals surface area contributed by atoms with E-state index < -0.39 is 5.97 Å². The van der Waals surface area contributed by atoms with E-state index in [0.29, 0.717) is 5.57 Å². The molecular weight excluding hydrogens is 210 g/mol. The zero-order valence-electron chi connectivity index (χ0n) is 9.23. The summed E-state index contributed by atoms with van der Waals surface area (Å²) >= 11 is 0. The second kappa shape index (κ2) is 4.65. The predicted octanol–water partition coefficient (Wildman–Crippen LogP) is 0.950. The molecule has 5 heteroatoms. The summed E-state index contributed by atoms with van der Waals surface area (Å²) in [6, 6.07) is 0. The minimum Gasteiger partial charge on any atom is -0.318 e. The molecule has 0 bridgehead atoms. The van der Waals surface area contributed by atoms with Gasteiger partial charge in [-0.25, -0.2) is 4.79 Å². The predicted molar refractivity (Wildman–Crippen MR) is 56.7 cm³/mol. The molecule has 0 aromatic carbocycles. The minimum absolute atomic E-state index is 0.0471. The lowest BCUT2D eigenvalue weighted by Gasteiger charge is -2.09. The van der Waals surface area contributed by atoms with Crippen molar-refractivity contribution in [2.75, 3.05) is 0 Å². The molecule has 1 aliphatic rings. The van der Waals surface area contributed by atoms with Crippen LogP contribution in [0.4, 0.5) is 0 Å². The summed E-state index contributed by atoms with van der Waals surface area (Å²) in [7, 11) is 0. The van der Waals surface area contributed by atoms with Gasteiger partial charge >= 0.3 is 5.97 Å². The van der Waals surface area contributed by atoms with Gasteiger partial charge in [-0.1, -0.05) is 5.16 Å². The second-order valence-corrected chi connectivity index (χ2v) is 3.37. The Morgan fingerprint density at radius 1 is 1.25 bits per heavy atom. The molecule has 84 valence electrons. The molecule has 0 atom stereocenters. The average molecular weight is 221 g/mol. The van der Waals surface area contributed by atoms with Crippen molar-refractivity contribution in [3.8, 4) is 0 Å². The van der Waals surface area contributed by atoms with Crippen molar-refractivity contribution in [3.63, 3.8) is 0 Å². The number of allylic oxidation sites excluding steroid dienone is 4. The molecule has 5 nitrogen and oxygen atoms in total. The van der Waals surface area contributed by atoms with Gasteiger partial charge in [0.05, 0.1) is 5.57 Å². The summed E-state index contributed by atoms with van der Waals surface area (Å²) in [6.07, 6.45) is 2.76. The first-order valence-electron chi connectivity index (χ1n) is 4.63. The van der Waals surface area contributed by atoms with Gasteiger partial charge in [0.25, 0.3) is 0 Å². The van der Waals surface area contributed by atoms with E-state index in [-0.39, 0.29) is 22.9 Å². The van der Waals surface area contributed by atoms with E-state index in [2.05, 4.69) is 9.99 Å². The van der Waals surface area contributed by atoms with Crippen LogP contribution in [0.2, 0.25) is 0 Å². The first-order valence-corrected chi connectivity index (χ1v) is 4.63. The molecule has 0 aromatic heterocycles. The van der Waals surface area contributed by atoms with E-state index >= 15 is 0 Å². The molecule has 0 heterocycles. The first-order chi connectivity index (χ1) is 7.41. The quantitative estimate of drug-likeness (QED) is 0.301. The molecular formula is C11H11NO4. The molecule has 0 spiro atoms. The van der Waals surface area contributed by atoms with Crippen LogP contribution in [0.1, 0.15) is 20.8 Å². The normalized spacial score (nSPS) is 17.9. The van der Waals surface area contributed by atoms with Crippen LogP contribution in [0.5, 0.6) is 0 Å². The maximum atomic E-state index is 11.5. The highest BCUT2D eigenvalue weighted by Gasteiger charge is 2.21. The third-order valence-corrected chi connectivity index (χ3v) is 1.92. The zero-order chi connectivity index (χ0) is 12.3. The summed E-state index contributed by atoms with van der Waals surface area (Å²) in [5, 5.41) is 3.51. The fraction of sp³-hybridized carbons (Fsp3) is 0.273. The lowest BCUT2D eigenvalue weighted by molar-refractivity contribution is -0.140. The van der Waals surface area contributed by atoms with Gasteiger partial charge in [0, 0.05) is 6.92 Å². The smallest absolute Gasteiger partial charge is 0.318 e. The molecule has 1 aliphatic carbocycles. The van der Waals surface area contributed by atoms with Gasteiger partial charge in [0.1, 0.15) is 5.71 Å². The second-order valence-electron chi connectivity index (χ2n) is 3.37. The Hall–Kier alpha value is -2.04. The third kappa shape index (κ3) is 2.73. The van der Waals surface area contributed by atoms with E-state index in [1.165, 1.54) is 26.0 Å². The average Bonchev–Trinajstić information content (AvgIpc) is 2.19. The van der Waals surface area contributed by atoms with Gasteiger partial charge in [-0.2, -0.15) is 0 Å². The zero-order valence-corrected chi connectivity index (χ0v) is 9.23. The molecule has 0 unspecified atom stereocenters. The monoisotopic (exact) mass is 221 g/mol. The van der Waals surface area contributed by atoms with Crippen molar-refractivity contribution < 1.29 is 19.2 Å². The molecule has 0 aliphatic heterocycles. The fourth-order valence-corrected chi connectivity index (χ4v) is 1.19. The number of Topliss-reactive ketones (excluding diaryl/α,β-unsaturated/α-hetero) is 2. The Labute approximate surface area is 92.5 Å². The standard InChI is InChI=1S/C11H11NO4/c1-6-4-9(12-16-8(3)14)5-10(7(2)13)11(6)15/h4-5H,1-3H3/b12-9-. The number of nitrogens with zero attached hydrogens (tertiary/aromatic N) is 1. The molecule has 0 amide bonds. The van der Waals surface area contributed by atoms with Crippen LogP contribution in [-0.4, -0.2) is 23.2 Å². The van der Waals surface area contributed by atoms with Gasteiger partial charge in [-0.15, -0.1) is 0 Å². The van der Waals surface area contributed by atoms with Crippen LogP contribution in [0.15, 0.2) is 28.5 Å². The number of rotatable bonds is 2. The van der Waals surface area contributed by atoms with Crippen LogP contribution in [-0.2, 0) is 19.2 Å².